The van der Waals surface area contributed by atoms with Gasteiger partial charge in [-0.25, -0.2) is 9.18 Å². The third kappa shape index (κ3) is 3.61. The maximum absolute atomic E-state index is 14.4. The zero-order valence-electron chi connectivity index (χ0n) is 13.2. The van der Waals surface area contributed by atoms with Gasteiger partial charge in [-0.15, -0.1) is 0 Å². The predicted molar refractivity (Wildman–Crippen MR) is 77.8 cm³/mol. The Labute approximate surface area is 121 Å². The van der Waals surface area contributed by atoms with Crippen LogP contribution in [-0.2, 0) is 14.2 Å². The lowest BCUT2D eigenvalue weighted by atomic mass is 10.2. The van der Waals surface area contributed by atoms with E-state index in [0.717, 1.165) is 0 Å². The van der Waals surface area contributed by atoms with E-state index in [0.29, 0.717) is 6.42 Å². The first-order valence-corrected chi connectivity index (χ1v) is 9.90. The van der Waals surface area contributed by atoms with Crippen molar-refractivity contribution in [3.63, 3.8) is 0 Å². The SMILES string of the molecule is CCC1(OCC=C(F)[Si](C)(C)C(C)(C)C)COC(=O)O1. The molecule has 1 heterocycles. The van der Waals surface area contributed by atoms with Gasteiger partial charge in [0.25, 0.3) is 5.79 Å². The molecule has 1 unspecified atom stereocenters. The average Bonchev–Trinajstić information content (AvgIpc) is 2.70. The van der Waals surface area contributed by atoms with Gasteiger partial charge in [0.1, 0.15) is 8.07 Å². The zero-order valence-corrected chi connectivity index (χ0v) is 14.2. The fourth-order valence-corrected chi connectivity index (χ4v) is 2.92. The minimum Gasteiger partial charge on any atom is -0.427 e. The number of rotatable bonds is 5. The van der Waals surface area contributed by atoms with Gasteiger partial charge in [-0.05, 0) is 11.1 Å². The Morgan fingerprint density at radius 1 is 1.50 bits per heavy atom. The van der Waals surface area contributed by atoms with E-state index in [2.05, 4.69) is 0 Å². The minimum atomic E-state index is -2.16. The van der Waals surface area contributed by atoms with Crippen LogP contribution in [0, 0.1) is 0 Å². The first kappa shape index (κ1) is 17.2. The highest BCUT2D eigenvalue weighted by Crippen LogP contribution is 2.41. The van der Waals surface area contributed by atoms with Crippen LogP contribution in [0.1, 0.15) is 34.1 Å². The van der Waals surface area contributed by atoms with Crippen molar-refractivity contribution in [2.45, 2.75) is 58.0 Å². The summed E-state index contributed by atoms with van der Waals surface area (Å²) in [6.07, 6.45) is 1.19. The Bertz CT molecular complexity index is 400. The van der Waals surface area contributed by atoms with Crippen LogP contribution in [0.25, 0.3) is 0 Å². The zero-order chi connectivity index (χ0) is 15.6. The van der Waals surface area contributed by atoms with Gasteiger partial charge in [0.15, 0.2) is 6.61 Å². The highest BCUT2D eigenvalue weighted by Gasteiger charge is 2.43. The van der Waals surface area contributed by atoms with Crippen molar-refractivity contribution in [3.05, 3.63) is 11.5 Å². The molecule has 0 bridgehead atoms. The van der Waals surface area contributed by atoms with Crippen LogP contribution >= 0.6 is 0 Å². The normalized spacial score (nSPS) is 24.6. The number of cyclic esters (lactones) is 2. The third-order valence-electron chi connectivity index (χ3n) is 4.30. The lowest BCUT2D eigenvalue weighted by Crippen LogP contribution is -2.39. The monoisotopic (exact) mass is 304 g/mol. The smallest absolute Gasteiger partial charge is 0.427 e. The van der Waals surface area contributed by atoms with E-state index in [9.17, 15) is 9.18 Å². The summed E-state index contributed by atoms with van der Waals surface area (Å²) in [6.45, 7) is 12.1. The molecule has 0 amide bonds. The molecule has 1 saturated heterocycles. The van der Waals surface area contributed by atoms with E-state index >= 15 is 0 Å². The molecule has 0 aromatic carbocycles. The van der Waals surface area contributed by atoms with E-state index in [1.807, 2.05) is 40.8 Å². The van der Waals surface area contributed by atoms with Crippen molar-refractivity contribution in [2.75, 3.05) is 13.2 Å². The summed E-state index contributed by atoms with van der Waals surface area (Å²) in [6, 6.07) is 0. The largest absolute Gasteiger partial charge is 0.511 e. The molecular weight excluding hydrogens is 279 g/mol. The number of ether oxygens (including phenoxy) is 3. The molecule has 0 aromatic rings. The Hall–Kier alpha value is -0.883. The molecule has 1 rings (SSSR count). The van der Waals surface area contributed by atoms with E-state index in [1.165, 1.54) is 6.08 Å². The maximum Gasteiger partial charge on any atom is 0.511 e. The fourth-order valence-electron chi connectivity index (χ4n) is 1.61. The van der Waals surface area contributed by atoms with Gasteiger partial charge < -0.3 is 14.2 Å². The quantitative estimate of drug-likeness (QED) is 0.564. The van der Waals surface area contributed by atoms with Crippen LogP contribution in [0.4, 0.5) is 9.18 Å². The summed E-state index contributed by atoms with van der Waals surface area (Å²) in [5.41, 5.74) is -0.0958. The van der Waals surface area contributed by atoms with Crippen molar-refractivity contribution in [1.29, 1.82) is 0 Å². The molecule has 1 aliphatic heterocycles. The van der Waals surface area contributed by atoms with E-state index in [4.69, 9.17) is 14.2 Å². The number of carbonyl (C=O) groups is 1. The van der Waals surface area contributed by atoms with Crippen LogP contribution in [-0.4, -0.2) is 33.2 Å². The molecule has 116 valence electrons. The Balaban J connectivity index is 2.67. The summed E-state index contributed by atoms with van der Waals surface area (Å²) in [5.74, 6) is -1.07. The topological polar surface area (TPSA) is 44.8 Å². The van der Waals surface area contributed by atoms with Crippen LogP contribution < -0.4 is 0 Å². The standard InChI is InChI=1S/C14H25FO4Si/c1-7-14(10-17-12(16)19-14)18-9-8-11(15)20(5,6)13(2,3)4/h8H,7,9-10H2,1-6H3. The summed E-state index contributed by atoms with van der Waals surface area (Å²) < 4.78 is 29.6. The first-order valence-electron chi connectivity index (χ1n) is 6.90. The molecule has 1 aliphatic rings. The molecule has 0 spiro atoms. The van der Waals surface area contributed by atoms with E-state index < -0.39 is 20.0 Å². The number of carbonyl (C=O) groups excluding carboxylic acids is 1. The van der Waals surface area contributed by atoms with Gasteiger partial charge in [0, 0.05) is 6.42 Å². The molecule has 20 heavy (non-hydrogen) atoms. The van der Waals surface area contributed by atoms with Crippen LogP contribution in [0.5, 0.6) is 0 Å². The summed E-state index contributed by atoms with van der Waals surface area (Å²) in [4.78, 5) is 11.0. The van der Waals surface area contributed by atoms with Crippen molar-refractivity contribution in [3.8, 4) is 0 Å². The van der Waals surface area contributed by atoms with Crippen molar-refractivity contribution >= 4 is 14.2 Å². The second-order valence-electron chi connectivity index (χ2n) is 6.64. The molecular formula is C14H25FO4Si. The molecule has 4 nitrogen and oxygen atoms in total. The molecule has 0 radical (unpaired) electrons. The molecule has 6 heteroatoms. The average molecular weight is 304 g/mol. The predicted octanol–water partition coefficient (Wildman–Crippen LogP) is 4.18. The third-order valence-corrected chi connectivity index (χ3v) is 9.45. The lowest BCUT2D eigenvalue weighted by Gasteiger charge is -2.35. The molecule has 0 aliphatic carbocycles. The number of halogens is 1. The summed E-state index contributed by atoms with van der Waals surface area (Å²) in [7, 11) is -2.16. The molecule has 0 aromatic heterocycles. The summed E-state index contributed by atoms with van der Waals surface area (Å²) >= 11 is 0. The number of hydrogen-bond acceptors (Lipinski definition) is 4. The Kier molecular flexibility index (Phi) is 5.02. The maximum atomic E-state index is 14.4. The van der Waals surface area contributed by atoms with Gasteiger partial charge in [0.2, 0.25) is 0 Å². The van der Waals surface area contributed by atoms with Gasteiger partial charge in [-0.3, -0.25) is 0 Å². The number of hydrogen-bond donors (Lipinski definition) is 0. The summed E-state index contributed by atoms with van der Waals surface area (Å²) in [5, 5.41) is -0.0705. The van der Waals surface area contributed by atoms with Crippen LogP contribution in [0.2, 0.25) is 18.1 Å². The second kappa shape index (κ2) is 5.85. The molecule has 0 N–H and O–H groups in total. The minimum absolute atomic E-state index is 0.0535. The van der Waals surface area contributed by atoms with Crippen molar-refractivity contribution in [2.24, 2.45) is 0 Å². The lowest BCUT2D eigenvalue weighted by molar-refractivity contribution is -0.173. The van der Waals surface area contributed by atoms with Crippen LogP contribution in [0.15, 0.2) is 11.5 Å². The van der Waals surface area contributed by atoms with Crippen molar-refractivity contribution < 1.29 is 23.4 Å². The Morgan fingerprint density at radius 3 is 2.50 bits per heavy atom. The van der Waals surface area contributed by atoms with Crippen molar-refractivity contribution in [1.82, 2.24) is 0 Å². The van der Waals surface area contributed by atoms with Gasteiger partial charge in [0.05, 0.1) is 12.1 Å². The van der Waals surface area contributed by atoms with Gasteiger partial charge in [-0.1, -0.05) is 40.8 Å². The fraction of sp³-hybridized carbons (Fsp3) is 0.786. The van der Waals surface area contributed by atoms with Gasteiger partial charge in [-0.2, -0.15) is 0 Å². The van der Waals surface area contributed by atoms with Gasteiger partial charge >= 0.3 is 6.16 Å². The molecule has 0 saturated carbocycles. The molecule has 1 atom stereocenters. The second-order valence-corrected chi connectivity index (χ2v) is 11.9. The Morgan fingerprint density at radius 2 is 2.10 bits per heavy atom. The molecule has 1 fully saturated rings. The van der Waals surface area contributed by atoms with Crippen LogP contribution in [0.3, 0.4) is 0 Å². The highest BCUT2D eigenvalue weighted by molar-refractivity contribution is 6.86. The first-order chi connectivity index (χ1) is 9.04. The van der Waals surface area contributed by atoms with E-state index in [-0.39, 0.29) is 23.7 Å². The van der Waals surface area contributed by atoms with E-state index in [1.54, 1.807) is 0 Å². The highest BCUT2D eigenvalue weighted by atomic mass is 28.3.